The van der Waals surface area contributed by atoms with Crippen LogP contribution in [0, 0.1) is 0 Å². The molecule has 0 amide bonds. The quantitative estimate of drug-likeness (QED) is 0.888. The van der Waals surface area contributed by atoms with E-state index >= 15 is 0 Å². The highest BCUT2D eigenvalue weighted by Crippen LogP contribution is 2.28. The van der Waals surface area contributed by atoms with Gasteiger partial charge in [0.05, 0.1) is 11.1 Å². The highest BCUT2D eigenvalue weighted by molar-refractivity contribution is 9.10. The molecule has 0 fully saturated rings. The van der Waals surface area contributed by atoms with Gasteiger partial charge >= 0.3 is 0 Å². The van der Waals surface area contributed by atoms with Gasteiger partial charge in [-0.2, -0.15) is 0 Å². The molecule has 0 bridgehead atoms. The highest BCUT2D eigenvalue weighted by atomic mass is 79.9. The fourth-order valence-electron chi connectivity index (χ4n) is 1.31. The van der Waals surface area contributed by atoms with E-state index in [0.717, 1.165) is 35.2 Å². The van der Waals surface area contributed by atoms with Crippen LogP contribution in [0.1, 0.15) is 38.3 Å². The van der Waals surface area contributed by atoms with Crippen LogP contribution in [0.3, 0.4) is 0 Å². The fraction of sp³-hybridized carbons (Fsp3) is 0.500. The van der Waals surface area contributed by atoms with Crippen LogP contribution in [-0.4, -0.2) is 6.61 Å². The first-order valence-corrected chi connectivity index (χ1v) is 6.16. The van der Waals surface area contributed by atoms with Crippen molar-refractivity contribution < 1.29 is 4.74 Å². The summed E-state index contributed by atoms with van der Waals surface area (Å²) >= 11 is 3.49. The van der Waals surface area contributed by atoms with Crippen molar-refractivity contribution in [1.82, 2.24) is 0 Å². The third-order valence-corrected chi connectivity index (χ3v) is 2.91. The van der Waals surface area contributed by atoms with Gasteiger partial charge in [-0.1, -0.05) is 19.9 Å². The van der Waals surface area contributed by atoms with Crippen molar-refractivity contribution in [2.75, 3.05) is 6.61 Å². The zero-order chi connectivity index (χ0) is 11.3. The number of rotatable bonds is 5. The van der Waals surface area contributed by atoms with E-state index in [-0.39, 0.29) is 6.04 Å². The molecule has 0 radical (unpaired) electrons. The molecule has 1 rings (SSSR count). The largest absolute Gasteiger partial charge is 0.492 e. The summed E-state index contributed by atoms with van der Waals surface area (Å²) in [6, 6.07) is 6.16. The van der Waals surface area contributed by atoms with E-state index in [2.05, 4.69) is 29.8 Å². The van der Waals surface area contributed by atoms with Crippen LogP contribution in [0.2, 0.25) is 0 Å². The second-order valence-electron chi connectivity index (χ2n) is 3.55. The zero-order valence-electron chi connectivity index (χ0n) is 9.29. The van der Waals surface area contributed by atoms with Gasteiger partial charge in [-0.15, -0.1) is 0 Å². The van der Waals surface area contributed by atoms with Crippen molar-refractivity contribution in [2.24, 2.45) is 5.73 Å². The van der Waals surface area contributed by atoms with Gasteiger partial charge < -0.3 is 10.5 Å². The summed E-state index contributed by atoms with van der Waals surface area (Å²) in [4.78, 5) is 0. The van der Waals surface area contributed by atoms with E-state index in [4.69, 9.17) is 10.5 Å². The van der Waals surface area contributed by atoms with Gasteiger partial charge in [-0.25, -0.2) is 0 Å². The second kappa shape index (κ2) is 6.13. The Morgan fingerprint density at radius 3 is 2.67 bits per heavy atom. The molecule has 0 unspecified atom stereocenters. The number of ether oxygens (including phenoxy) is 1. The minimum atomic E-state index is 0.113. The summed E-state index contributed by atoms with van der Waals surface area (Å²) in [6.07, 6.45) is 1.96. The van der Waals surface area contributed by atoms with Gasteiger partial charge in [0.15, 0.2) is 0 Å². The molecule has 0 aliphatic heterocycles. The van der Waals surface area contributed by atoms with E-state index in [1.807, 2.05) is 18.2 Å². The van der Waals surface area contributed by atoms with Gasteiger partial charge in [0.2, 0.25) is 0 Å². The maximum Gasteiger partial charge on any atom is 0.133 e. The predicted octanol–water partition coefficient (Wildman–Crippen LogP) is 3.65. The fourth-order valence-corrected chi connectivity index (χ4v) is 1.82. The van der Waals surface area contributed by atoms with E-state index in [1.165, 1.54) is 0 Å². The molecular formula is C12H18BrNO. The normalized spacial score (nSPS) is 12.5. The van der Waals surface area contributed by atoms with E-state index in [0.29, 0.717) is 0 Å². The first-order chi connectivity index (χ1) is 7.19. The van der Waals surface area contributed by atoms with Gasteiger partial charge in [0, 0.05) is 6.04 Å². The lowest BCUT2D eigenvalue weighted by Crippen LogP contribution is -2.08. The molecule has 0 aliphatic carbocycles. The summed E-state index contributed by atoms with van der Waals surface area (Å²) in [7, 11) is 0. The molecule has 0 spiro atoms. The summed E-state index contributed by atoms with van der Waals surface area (Å²) < 4.78 is 6.55. The number of nitrogens with two attached hydrogens (primary N) is 1. The SMILES string of the molecule is CCCOc1ccc([C@H](N)CC)cc1Br. The zero-order valence-corrected chi connectivity index (χ0v) is 10.9. The molecule has 0 aliphatic rings. The van der Waals surface area contributed by atoms with Crippen LogP contribution in [0.15, 0.2) is 22.7 Å². The Bertz CT molecular complexity index is 314. The van der Waals surface area contributed by atoms with Crippen molar-refractivity contribution in [3.63, 3.8) is 0 Å². The van der Waals surface area contributed by atoms with E-state index < -0.39 is 0 Å². The molecule has 3 heteroatoms. The van der Waals surface area contributed by atoms with Gasteiger partial charge in [0.25, 0.3) is 0 Å². The average Bonchev–Trinajstić information content (AvgIpc) is 2.26. The van der Waals surface area contributed by atoms with Crippen LogP contribution in [-0.2, 0) is 0 Å². The van der Waals surface area contributed by atoms with E-state index in [9.17, 15) is 0 Å². The van der Waals surface area contributed by atoms with Crippen molar-refractivity contribution >= 4 is 15.9 Å². The van der Waals surface area contributed by atoms with Crippen LogP contribution >= 0.6 is 15.9 Å². The maximum atomic E-state index is 5.95. The molecule has 2 N–H and O–H groups in total. The number of halogens is 1. The lowest BCUT2D eigenvalue weighted by molar-refractivity contribution is 0.315. The molecule has 0 aromatic heterocycles. The van der Waals surface area contributed by atoms with Crippen molar-refractivity contribution in [3.8, 4) is 5.75 Å². The third kappa shape index (κ3) is 3.50. The van der Waals surface area contributed by atoms with E-state index in [1.54, 1.807) is 0 Å². The molecule has 1 aromatic rings. The Morgan fingerprint density at radius 1 is 1.40 bits per heavy atom. The molecule has 0 saturated heterocycles. The first kappa shape index (κ1) is 12.5. The second-order valence-corrected chi connectivity index (χ2v) is 4.41. The summed E-state index contributed by atoms with van der Waals surface area (Å²) in [5, 5.41) is 0. The molecule has 1 atom stereocenters. The minimum Gasteiger partial charge on any atom is -0.492 e. The third-order valence-electron chi connectivity index (χ3n) is 2.29. The monoisotopic (exact) mass is 271 g/mol. The van der Waals surface area contributed by atoms with Gasteiger partial charge in [-0.05, 0) is 46.5 Å². The Kier molecular flexibility index (Phi) is 5.12. The predicted molar refractivity (Wildman–Crippen MR) is 67.1 cm³/mol. The molecule has 1 aromatic carbocycles. The van der Waals surface area contributed by atoms with Crippen LogP contribution in [0.5, 0.6) is 5.75 Å². The maximum absolute atomic E-state index is 5.95. The lowest BCUT2D eigenvalue weighted by atomic mass is 10.1. The Hall–Kier alpha value is -0.540. The van der Waals surface area contributed by atoms with Crippen LogP contribution in [0.25, 0.3) is 0 Å². The topological polar surface area (TPSA) is 35.2 Å². The van der Waals surface area contributed by atoms with Crippen molar-refractivity contribution in [1.29, 1.82) is 0 Å². The number of hydrogen-bond donors (Lipinski definition) is 1. The minimum absolute atomic E-state index is 0.113. The smallest absolute Gasteiger partial charge is 0.133 e. The standard InChI is InChI=1S/C12H18BrNO/c1-3-7-15-12-6-5-9(8-10(12)13)11(14)4-2/h5-6,8,11H,3-4,7,14H2,1-2H3/t11-/m1/s1. The van der Waals surface area contributed by atoms with Crippen molar-refractivity contribution in [3.05, 3.63) is 28.2 Å². The van der Waals surface area contributed by atoms with Gasteiger partial charge in [0.1, 0.15) is 5.75 Å². The Labute approximate surface area is 99.9 Å². The van der Waals surface area contributed by atoms with Crippen LogP contribution < -0.4 is 10.5 Å². The molecule has 84 valence electrons. The first-order valence-electron chi connectivity index (χ1n) is 5.36. The molecule has 15 heavy (non-hydrogen) atoms. The molecule has 0 heterocycles. The molecule has 0 saturated carbocycles. The molecule has 2 nitrogen and oxygen atoms in total. The summed E-state index contributed by atoms with van der Waals surface area (Å²) in [6.45, 7) is 4.92. The number of benzene rings is 1. The Balaban J connectivity index is 2.78. The van der Waals surface area contributed by atoms with Crippen molar-refractivity contribution in [2.45, 2.75) is 32.7 Å². The Morgan fingerprint density at radius 2 is 2.13 bits per heavy atom. The summed E-state index contributed by atoms with van der Waals surface area (Å²) in [5.74, 6) is 0.893. The highest BCUT2D eigenvalue weighted by Gasteiger charge is 2.07. The van der Waals surface area contributed by atoms with Crippen LogP contribution in [0.4, 0.5) is 0 Å². The lowest BCUT2D eigenvalue weighted by Gasteiger charge is -2.12. The average molecular weight is 272 g/mol. The molecular weight excluding hydrogens is 254 g/mol. The van der Waals surface area contributed by atoms with Gasteiger partial charge in [-0.3, -0.25) is 0 Å². The number of hydrogen-bond acceptors (Lipinski definition) is 2. The summed E-state index contributed by atoms with van der Waals surface area (Å²) in [5.41, 5.74) is 7.10.